The van der Waals surface area contributed by atoms with Crippen LogP contribution in [0.5, 0.6) is 0 Å². The quantitative estimate of drug-likeness (QED) is 0.820. The Morgan fingerprint density at radius 2 is 1.76 bits per heavy atom. The zero-order valence-corrected chi connectivity index (χ0v) is 13.2. The van der Waals surface area contributed by atoms with E-state index in [1.54, 1.807) is 18.2 Å². The monoisotopic (exact) mass is 347 g/mol. The van der Waals surface area contributed by atoms with E-state index in [4.69, 9.17) is 5.11 Å². The highest BCUT2D eigenvalue weighted by Crippen LogP contribution is 2.31. The Morgan fingerprint density at radius 1 is 1.10 bits per heavy atom. The first-order chi connectivity index (χ1) is 9.99. The summed E-state index contributed by atoms with van der Waals surface area (Å²) in [5.41, 5.74) is 2.13. The number of carboxylic acids is 1. The lowest BCUT2D eigenvalue weighted by Crippen LogP contribution is -2.07. The van der Waals surface area contributed by atoms with Crippen molar-refractivity contribution in [2.75, 3.05) is 19.0 Å². The van der Waals surface area contributed by atoms with Crippen LogP contribution in [0.3, 0.4) is 0 Å². The van der Waals surface area contributed by atoms with E-state index in [1.165, 1.54) is 6.07 Å². The highest BCUT2D eigenvalue weighted by Gasteiger charge is 2.08. The molecule has 0 spiro atoms. The number of halogens is 1. The van der Waals surface area contributed by atoms with Crippen molar-refractivity contribution in [3.8, 4) is 0 Å². The summed E-state index contributed by atoms with van der Waals surface area (Å²) in [7, 11) is 3.90. The summed E-state index contributed by atoms with van der Waals surface area (Å²) in [6.07, 6.45) is 0. The smallest absolute Gasteiger partial charge is 0.337 e. The van der Waals surface area contributed by atoms with Crippen LogP contribution < -0.4 is 4.90 Å². The highest BCUT2D eigenvalue weighted by molar-refractivity contribution is 9.10. The maximum absolute atomic E-state index is 11.1. The molecule has 2 aromatic carbocycles. The molecule has 21 heavy (non-hydrogen) atoms. The second kappa shape index (κ2) is 6.49. The van der Waals surface area contributed by atoms with Gasteiger partial charge < -0.3 is 10.0 Å². The summed E-state index contributed by atoms with van der Waals surface area (Å²) >= 11 is 3.44. The van der Waals surface area contributed by atoms with E-state index in [0.717, 1.165) is 10.2 Å². The maximum Gasteiger partial charge on any atom is 0.337 e. The van der Waals surface area contributed by atoms with Crippen LogP contribution in [-0.4, -0.2) is 25.2 Å². The van der Waals surface area contributed by atoms with Crippen LogP contribution in [0.1, 0.15) is 10.4 Å². The zero-order valence-electron chi connectivity index (χ0n) is 11.6. The third-order valence-corrected chi connectivity index (χ3v) is 3.48. The van der Waals surface area contributed by atoms with Gasteiger partial charge in [-0.15, -0.1) is 10.2 Å². The Balaban J connectivity index is 2.32. The largest absolute Gasteiger partial charge is 0.478 e. The molecule has 0 heterocycles. The molecule has 0 aliphatic carbocycles. The standard InChI is InChI=1S/C15H14BrN3O2/c1-19(2)10-7-8-14(12(16)9-10)18-17-13-6-4-3-5-11(13)15(20)21/h3-9H,1-2H3,(H,20,21). The first-order valence-corrected chi connectivity index (χ1v) is 6.99. The van der Waals surface area contributed by atoms with Crippen LogP contribution in [0, 0.1) is 0 Å². The summed E-state index contributed by atoms with van der Waals surface area (Å²) in [4.78, 5) is 13.1. The van der Waals surface area contributed by atoms with Crippen molar-refractivity contribution in [2.24, 2.45) is 10.2 Å². The van der Waals surface area contributed by atoms with Crippen molar-refractivity contribution in [1.82, 2.24) is 0 Å². The van der Waals surface area contributed by atoms with E-state index in [-0.39, 0.29) is 5.56 Å². The Bertz CT molecular complexity index is 699. The van der Waals surface area contributed by atoms with E-state index < -0.39 is 5.97 Å². The van der Waals surface area contributed by atoms with Crippen LogP contribution in [0.4, 0.5) is 17.1 Å². The number of hydrogen-bond donors (Lipinski definition) is 1. The van der Waals surface area contributed by atoms with Gasteiger partial charge in [0.05, 0.1) is 11.3 Å². The second-order valence-electron chi connectivity index (χ2n) is 4.55. The van der Waals surface area contributed by atoms with Gasteiger partial charge >= 0.3 is 5.97 Å². The fourth-order valence-electron chi connectivity index (χ4n) is 1.70. The third kappa shape index (κ3) is 3.66. The second-order valence-corrected chi connectivity index (χ2v) is 5.41. The fourth-order valence-corrected chi connectivity index (χ4v) is 2.15. The molecule has 0 atom stereocenters. The number of benzene rings is 2. The first-order valence-electron chi connectivity index (χ1n) is 6.20. The average Bonchev–Trinajstić information content (AvgIpc) is 2.46. The number of carbonyl (C=O) groups is 1. The normalized spacial score (nSPS) is 10.8. The Morgan fingerprint density at radius 3 is 2.38 bits per heavy atom. The molecule has 1 N–H and O–H groups in total. The molecule has 2 rings (SSSR count). The summed E-state index contributed by atoms with van der Waals surface area (Å²) in [5, 5.41) is 17.2. The van der Waals surface area contributed by atoms with Gasteiger partial charge in [0.2, 0.25) is 0 Å². The molecule has 108 valence electrons. The van der Waals surface area contributed by atoms with Gasteiger partial charge in [0, 0.05) is 24.3 Å². The number of aromatic carboxylic acids is 1. The highest BCUT2D eigenvalue weighted by atomic mass is 79.9. The van der Waals surface area contributed by atoms with Crippen LogP contribution in [0.15, 0.2) is 57.2 Å². The number of rotatable bonds is 4. The Hall–Kier alpha value is -2.21. The van der Waals surface area contributed by atoms with Crippen molar-refractivity contribution >= 4 is 39.0 Å². The summed E-state index contributed by atoms with van der Waals surface area (Å²) in [5.74, 6) is -1.02. The van der Waals surface area contributed by atoms with Crippen molar-refractivity contribution in [3.05, 3.63) is 52.5 Å². The minimum atomic E-state index is -1.02. The number of anilines is 1. The molecule has 6 heteroatoms. The van der Waals surface area contributed by atoms with E-state index in [2.05, 4.69) is 26.2 Å². The topological polar surface area (TPSA) is 65.3 Å². The van der Waals surface area contributed by atoms with Crippen molar-refractivity contribution in [3.63, 3.8) is 0 Å². The number of azo groups is 1. The van der Waals surface area contributed by atoms with Gasteiger partial charge in [-0.1, -0.05) is 12.1 Å². The molecule has 0 aliphatic heterocycles. The SMILES string of the molecule is CN(C)c1ccc(N=Nc2ccccc2C(=O)O)c(Br)c1. The average molecular weight is 348 g/mol. The van der Waals surface area contributed by atoms with E-state index in [1.807, 2.05) is 37.2 Å². The molecule has 0 unspecified atom stereocenters. The Labute approximate surface area is 131 Å². The summed E-state index contributed by atoms with van der Waals surface area (Å²) in [6.45, 7) is 0. The van der Waals surface area contributed by atoms with E-state index in [9.17, 15) is 4.79 Å². The molecule has 2 aromatic rings. The van der Waals surface area contributed by atoms with Gasteiger partial charge in [0.15, 0.2) is 0 Å². The molecular weight excluding hydrogens is 334 g/mol. The molecule has 0 aromatic heterocycles. The minimum absolute atomic E-state index is 0.127. The lowest BCUT2D eigenvalue weighted by molar-refractivity contribution is 0.0698. The Kier molecular flexibility index (Phi) is 4.70. The van der Waals surface area contributed by atoms with Crippen molar-refractivity contribution in [2.45, 2.75) is 0 Å². The van der Waals surface area contributed by atoms with E-state index >= 15 is 0 Å². The number of hydrogen-bond acceptors (Lipinski definition) is 4. The summed E-state index contributed by atoms with van der Waals surface area (Å²) < 4.78 is 0.797. The molecule has 0 radical (unpaired) electrons. The minimum Gasteiger partial charge on any atom is -0.478 e. The fraction of sp³-hybridized carbons (Fsp3) is 0.133. The molecule has 0 aliphatic rings. The van der Waals surface area contributed by atoms with Gasteiger partial charge in [-0.25, -0.2) is 4.79 Å². The molecule has 0 bridgehead atoms. The molecule has 5 nitrogen and oxygen atoms in total. The van der Waals surface area contributed by atoms with Crippen LogP contribution in [0.25, 0.3) is 0 Å². The first kappa shape index (κ1) is 15.2. The zero-order chi connectivity index (χ0) is 15.4. The molecule has 0 saturated heterocycles. The van der Waals surface area contributed by atoms with Gasteiger partial charge in [-0.05, 0) is 46.3 Å². The van der Waals surface area contributed by atoms with Crippen molar-refractivity contribution < 1.29 is 9.90 Å². The third-order valence-electron chi connectivity index (χ3n) is 2.85. The molecule has 0 amide bonds. The number of nitrogens with zero attached hydrogens (tertiary/aromatic N) is 3. The van der Waals surface area contributed by atoms with Gasteiger partial charge in [-0.2, -0.15) is 0 Å². The molecule has 0 saturated carbocycles. The van der Waals surface area contributed by atoms with Crippen LogP contribution in [0.2, 0.25) is 0 Å². The van der Waals surface area contributed by atoms with Crippen LogP contribution >= 0.6 is 15.9 Å². The van der Waals surface area contributed by atoms with Gasteiger partial charge in [-0.3, -0.25) is 0 Å². The van der Waals surface area contributed by atoms with E-state index in [0.29, 0.717) is 11.4 Å². The maximum atomic E-state index is 11.1. The molecule has 0 fully saturated rings. The van der Waals surface area contributed by atoms with Crippen LogP contribution in [-0.2, 0) is 0 Å². The van der Waals surface area contributed by atoms with Crippen molar-refractivity contribution in [1.29, 1.82) is 0 Å². The molecular formula is C15H14BrN3O2. The predicted octanol–water partition coefficient (Wildman–Crippen LogP) is 4.63. The number of carboxylic acid groups (broad SMARTS) is 1. The summed E-state index contributed by atoms with van der Waals surface area (Å²) in [6, 6.07) is 12.2. The van der Waals surface area contributed by atoms with Gasteiger partial charge in [0.25, 0.3) is 0 Å². The van der Waals surface area contributed by atoms with Gasteiger partial charge in [0.1, 0.15) is 5.69 Å². The predicted molar refractivity (Wildman–Crippen MR) is 86.0 cm³/mol. The lowest BCUT2D eigenvalue weighted by atomic mass is 10.2. The lowest BCUT2D eigenvalue weighted by Gasteiger charge is -2.12.